The van der Waals surface area contributed by atoms with Crippen molar-refractivity contribution in [1.29, 1.82) is 0 Å². The molecule has 4 unspecified atom stereocenters. The molecule has 120 valence electrons. The van der Waals surface area contributed by atoms with Crippen molar-refractivity contribution < 1.29 is 9.90 Å². The van der Waals surface area contributed by atoms with Gasteiger partial charge in [0.1, 0.15) is 5.75 Å². The van der Waals surface area contributed by atoms with Gasteiger partial charge in [0, 0.05) is 35.1 Å². The summed E-state index contributed by atoms with van der Waals surface area (Å²) in [6.07, 6.45) is 4.08. The largest absolute Gasteiger partial charge is 0.508 e. The first kappa shape index (κ1) is 13.5. The molecule has 4 bridgehead atoms. The Bertz CT molecular complexity index is 809. The monoisotopic (exact) mass is 310 g/mol. The highest BCUT2D eigenvalue weighted by Gasteiger charge is 2.50. The Morgan fingerprint density at radius 1 is 1.35 bits per heavy atom. The Hall–Kier alpha value is -1.97. The maximum Gasteiger partial charge on any atom is 0.227 e. The molecule has 1 amide bonds. The number of aromatic hydroxyl groups is 1. The van der Waals surface area contributed by atoms with Crippen LogP contribution in [0, 0.1) is 11.8 Å². The number of hydrogen-bond acceptors (Lipinski definition) is 2. The van der Waals surface area contributed by atoms with Crippen LogP contribution in [0.5, 0.6) is 5.75 Å². The van der Waals surface area contributed by atoms with Crippen LogP contribution in [-0.2, 0) is 11.2 Å². The summed E-state index contributed by atoms with van der Waals surface area (Å²) in [4.78, 5) is 18.7. The van der Waals surface area contributed by atoms with E-state index in [0.29, 0.717) is 30.2 Å². The Morgan fingerprint density at radius 3 is 3.04 bits per heavy atom. The van der Waals surface area contributed by atoms with E-state index in [9.17, 15) is 9.90 Å². The molecule has 1 aliphatic carbocycles. The highest BCUT2D eigenvalue weighted by Crippen LogP contribution is 2.51. The van der Waals surface area contributed by atoms with Gasteiger partial charge < -0.3 is 15.0 Å². The summed E-state index contributed by atoms with van der Waals surface area (Å²) in [6, 6.07) is 5.81. The van der Waals surface area contributed by atoms with E-state index in [1.165, 1.54) is 18.5 Å². The van der Waals surface area contributed by atoms with Crippen LogP contribution >= 0.6 is 0 Å². The van der Waals surface area contributed by atoms with Crippen LogP contribution in [-0.4, -0.2) is 33.5 Å². The lowest BCUT2D eigenvalue weighted by Crippen LogP contribution is -2.57. The molecule has 2 saturated heterocycles. The summed E-state index contributed by atoms with van der Waals surface area (Å²) >= 11 is 0. The van der Waals surface area contributed by atoms with Crippen molar-refractivity contribution in [1.82, 2.24) is 9.88 Å². The van der Waals surface area contributed by atoms with Gasteiger partial charge in [-0.2, -0.15) is 0 Å². The van der Waals surface area contributed by atoms with Crippen LogP contribution in [0.3, 0.4) is 0 Å². The zero-order valence-electron chi connectivity index (χ0n) is 13.4. The third-order valence-corrected chi connectivity index (χ3v) is 6.40. The van der Waals surface area contributed by atoms with Crippen molar-refractivity contribution in [2.45, 2.75) is 44.6 Å². The first-order valence-corrected chi connectivity index (χ1v) is 8.78. The molecule has 4 aliphatic rings. The maximum atomic E-state index is 12.9. The van der Waals surface area contributed by atoms with Gasteiger partial charge in [-0.05, 0) is 48.4 Å². The molecule has 2 N–H and O–H groups in total. The second kappa shape index (κ2) is 4.53. The number of benzene rings is 1. The summed E-state index contributed by atoms with van der Waals surface area (Å²) < 4.78 is 0. The third kappa shape index (κ3) is 1.75. The van der Waals surface area contributed by atoms with E-state index in [1.54, 1.807) is 12.1 Å². The van der Waals surface area contributed by atoms with Crippen molar-refractivity contribution in [3.05, 3.63) is 29.5 Å². The molecular weight excluding hydrogens is 288 g/mol. The van der Waals surface area contributed by atoms with Gasteiger partial charge in [0.25, 0.3) is 0 Å². The summed E-state index contributed by atoms with van der Waals surface area (Å²) in [7, 11) is 0. The number of carbonyl (C=O) groups excluding carboxylic acids is 1. The van der Waals surface area contributed by atoms with Gasteiger partial charge in [-0.3, -0.25) is 4.79 Å². The molecule has 23 heavy (non-hydrogen) atoms. The zero-order chi connectivity index (χ0) is 15.7. The topological polar surface area (TPSA) is 56.3 Å². The molecular formula is C19H22N2O2. The minimum atomic E-state index is 0.269. The predicted octanol–water partition coefficient (Wildman–Crippen LogP) is 3.16. The maximum absolute atomic E-state index is 12.9. The van der Waals surface area contributed by atoms with Crippen LogP contribution in [0.15, 0.2) is 18.2 Å². The molecule has 1 aromatic carbocycles. The van der Waals surface area contributed by atoms with E-state index in [1.807, 2.05) is 6.07 Å². The highest BCUT2D eigenvalue weighted by molar-refractivity contribution is 5.92. The number of aromatic nitrogens is 1. The summed E-state index contributed by atoms with van der Waals surface area (Å²) in [6.45, 7) is 3.21. The zero-order valence-corrected chi connectivity index (χ0v) is 13.4. The molecule has 4 heterocycles. The molecule has 3 fully saturated rings. The molecule has 1 saturated carbocycles. The van der Waals surface area contributed by atoms with Crippen LogP contribution < -0.4 is 0 Å². The van der Waals surface area contributed by atoms with Crippen LogP contribution in [0.4, 0.5) is 0 Å². The van der Waals surface area contributed by atoms with E-state index < -0.39 is 0 Å². The van der Waals surface area contributed by atoms with Crippen molar-refractivity contribution in [3.63, 3.8) is 0 Å². The van der Waals surface area contributed by atoms with Gasteiger partial charge in [0.2, 0.25) is 5.91 Å². The summed E-state index contributed by atoms with van der Waals surface area (Å²) in [5.41, 5.74) is 3.42. The van der Waals surface area contributed by atoms with Gasteiger partial charge in [0.15, 0.2) is 0 Å². The molecule has 0 spiro atoms. The molecule has 0 radical (unpaired) electrons. The van der Waals surface area contributed by atoms with Crippen LogP contribution in [0.1, 0.15) is 43.4 Å². The second-order valence-corrected chi connectivity index (χ2v) is 7.57. The fourth-order valence-electron chi connectivity index (χ4n) is 5.49. The predicted molar refractivity (Wildman–Crippen MR) is 88.4 cm³/mol. The average Bonchev–Trinajstić information content (AvgIpc) is 2.88. The number of rotatable bonds is 1. The Balaban J connectivity index is 1.73. The van der Waals surface area contributed by atoms with Crippen LogP contribution in [0.2, 0.25) is 0 Å². The molecule has 1 aromatic heterocycles. The Morgan fingerprint density at radius 2 is 2.22 bits per heavy atom. The lowest BCUT2D eigenvalue weighted by molar-refractivity contribution is -0.141. The van der Waals surface area contributed by atoms with Gasteiger partial charge in [-0.25, -0.2) is 0 Å². The van der Waals surface area contributed by atoms with Gasteiger partial charge in [0.05, 0.1) is 6.42 Å². The normalized spacial score (nSPS) is 32.2. The number of H-pyrrole nitrogens is 1. The molecule has 4 nitrogen and oxygen atoms in total. The number of aromatic amines is 1. The van der Waals surface area contributed by atoms with Crippen LogP contribution in [0.25, 0.3) is 10.9 Å². The summed E-state index contributed by atoms with van der Waals surface area (Å²) in [5, 5.41) is 10.9. The van der Waals surface area contributed by atoms with E-state index in [0.717, 1.165) is 29.4 Å². The second-order valence-electron chi connectivity index (χ2n) is 7.57. The van der Waals surface area contributed by atoms with Crippen molar-refractivity contribution >= 4 is 16.8 Å². The summed E-state index contributed by atoms with van der Waals surface area (Å²) in [5.74, 6) is 2.24. The van der Waals surface area contributed by atoms with E-state index >= 15 is 0 Å². The number of nitrogens with zero attached hydrogens (tertiary/aromatic N) is 1. The minimum absolute atomic E-state index is 0.269. The van der Waals surface area contributed by atoms with Gasteiger partial charge >= 0.3 is 0 Å². The number of piperidine rings is 2. The first-order valence-electron chi connectivity index (χ1n) is 8.78. The standard InChI is InChI=1S/C19H22N2O2/c1-2-11-5-10-6-15-18-14(8-17(23)21(9-10)19(11)15)13-7-12(22)3-4-16(13)20-18/h3-4,7,10-11,15,19-20,22H,2,5-6,8-9H2,1H3. The number of amides is 1. The number of phenols is 1. The number of fused-ring (bicyclic) bond motifs is 4. The smallest absolute Gasteiger partial charge is 0.227 e. The quantitative estimate of drug-likeness (QED) is 0.850. The lowest BCUT2D eigenvalue weighted by Gasteiger charge is -2.53. The van der Waals surface area contributed by atoms with Gasteiger partial charge in [-0.15, -0.1) is 0 Å². The SMILES string of the molecule is CCC1CC2CC3c4[nH]c5ccc(O)cc5c4CC(=O)N(C2)C13. The Labute approximate surface area is 135 Å². The molecule has 6 rings (SSSR count). The first-order chi connectivity index (χ1) is 11.2. The fourth-order valence-corrected chi connectivity index (χ4v) is 5.49. The van der Waals surface area contributed by atoms with Gasteiger partial charge in [-0.1, -0.05) is 13.3 Å². The van der Waals surface area contributed by atoms with E-state index in [-0.39, 0.29) is 11.7 Å². The van der Waals surface area contributed by atoms with E-state index in [4.69, 9.17) is 0 Å². The lowest BCUT2D eigenvalue weighted by atomic mass is 9.65. The highest BCUT2D eigenvalue weighted by atomic mass is 16.3. The number of hydrogen-bond donors (Lipinski definition) is 2. The fraction of sp³-hybridized carbons (Fsp3) is 0.526. The number of carbonyl (C=O) groups is 1. The molecule has 4 atom stereocenters. The number of nitrogens with one attached hydrogen (secondary N) is 1. The van der Waals surface area contributed by atoms with Crippen molar-refractivity contribution in [3.8, 4) is 5.75 Å². The van der Waals surface area contributed by atoms with E-state index in [2.05, 4.69) is 16.8 Å². The molecule has 2 aromatic rings. The molecule has 3 aliphatic heterocycles. The minimum Gasteiger partial charge on any atom is -0.508 e. The third-order valence-electron chi connectivity index (χ3n) is 6.40. The molecule has 4 heteroatoms. The van der Waals surface area contributed by atoms with Crippen molar-refractivity contribution in [2.75, 3.05) is 6.54 Å². The van der Waals surface area contributed by atoms with Crippen molar-refractivity contribution in [2.24, 2.45) is 11.8 Å². The average molecular weight is 310 g/mol. The number of phenolic OH excluding ortho intramolecular Hbond substituents is 1. The Kier molecular flexibility index (Phi) is 2.65.